The summed E-state index contributed by atoms with van der Waals surface area (Å²) < 4.78 is 0. The first-order valence-corrected chi connectivity index (χ1v) is 5.58. The first kappa shape index (κ1) is 8.95. The molecule has 0 spiro atoms. The van der Waals surface area contributed by atoms with Crippen LogP contribution in [0.25, 0.3) is 0 Å². The van der Waals surface area contributed by atoms with Crippen LogP contribution in [0.1, 0.15) is 6.42 Å². The Kier molecular flexibility index (Phi) is 4.77. The van der Waals surface area contributed by atoms with Gasteiger partial charge in [0.15, 0.2) is 0 Å². The van der Waals surface area contributed by atoms with Crippen molar-refractivity contribution in [3.63, 3.8) is 0 Å². The molecule has 0 aliphatic heterocycles. The van der Waals surface area contributed by atoms with Gasteiger partial charge >= 0.3 is 60.2 Å². The van der Waals surface area contributed by atoms with Gasteiger partial charge in [-0.25, -0.2) is 0 Å². The number of hydrogen-bond acceptors (Lipinski definition) is 2. The Hall–Kier alpha value is -0.0505. The molecule has 1 unspecified atom stereocenters. The predicted octanol–water partition coefficient (Wildman–Crippen LogP) is -0.0410. The molecule has 1 atom stereocenters. The van der Waals surface area contributed by atoms with E-state index in [1.807, 2.05) is 0 Å². The zero-order chi connectivity index (χ0) is 7.28. The van der Waals surface area contributed by atoms with Crippen molar-refractivity contribution >= 4 is 20.9 Å². The van der Waals surface area contributed by atoms with E-state index in [1.54, 1.807) is 0 Å². The minimum absolute atomic E-state index is 0.549. The molecule has 54 valence electrons. The number of nitrogens with two attached hydrogens (primary N) is 1. The van der Waals surface area contributed by atoms with Gasteiger partial charge in [0.05, 0.1) is 0 Å². The second-order valence-electron chi connectivity index (χ2n) is 1.73. The normalized spacial score (nSPS) is 13.1. The molecular weight excluding hydrogens is 184 g/mol. The number of hydrogen-bond donors (Lipinski definition) is 2. The van der Waals surface area contributed by atoms with Crippen molar-refractivity contribution in [3.05, 3.63) is 0 Å². The summed E-state index contributed by atoms with van der Waals surface area (Å²) in [6.45, 7) is 0. The van der Waals surface area contributed by atoms with Crippen molar-refractivity contribution in [2.45, 2.75) is 23.6 Å². The van der Waals surface area contributed by atoms with Crippen molar-refractivity contribution < 1.29 is 9.90 Å². The summed E-state index contributed by atoms with van der Waals surface area (Å²) >= 11 is 0.549. The summed E-state index contributed by atoms with van der Waals surface area (Å²) in [7, 11) is 0. The van der Waals surface area contributed by atoms with Crippen LogP contribution < -0.4 is 5.73 Å². The SMILES string of the molecule is [11CH3][Se]CCC(N)C(=O)O. The molecule has 0 saturated carbocycles. The standard InChI is InChI=1S/C5H11NO2Se/c1-9-3-2-4(6)5(7)8/h4H,2-3,6H2,1H3,(H,7,8)/i1-1. The molecule has 3 nitrogen and oxygen atoms in total. The van der Waals surface area contributed by atoms with Crippen LogP contribution >= 0.6 is 0 Å². The van der Waals surface area contributed by atoms with E-state index in [2.05, 4.69) is 5.82 Å². The molecule has 0 saturated heterocycles. The molecule has 9 heavy (non-hydrogen) atoms. The van der Waals surface area contributed by atoms with Gasteiger partial charge in [0.2, 0.25) is 0 Å². The van der Waals surface area contributed by atoms with Crippen LogP contribution in [0.5, 0.6) is 0 Å². The Morgan fingerprint density at radius 2 is 2.44 bits per heavy atom. The molecule has 3 N–H and O–H groups in total. The molecule has 0 aliphatic carbocycles. The number of carboxylic acids is 1. The number of carboxylic acid groups (broad SMARTS) is 1. The van der Waals surface area contributed by atoms with Gasteiger partial charge in [0, 0.05) is 0 Å². The Labute approximate surface area is 60.8 Å². The summed E-state index contributed by atoms with van der Waals surface area (Å²) in [6, 6.07) is -0.646. The fourth-order valence-electron chi connectivity index (χ4n) is 0.368. The summed E-state index contributed by atoms with van der Waals surface area (Å²) in [6.07, 6.45) is 0.617. The Bertz CT molecular complexity index is 97.0. The van der Waals surface area contributed by atoms with Crippen molar-refractivity contribution in [2.75, 3.05) is 0 Å². The van der Waals surface area contributed by atoms with E-state index in [-0.39, 0.29) is 0 Å². The van der Waals surface area contributed by atoms with Crippen molar-refractivity contribution in [2.24, 2.45) is 5.73 Å². The van der Waals surface area contributed by atoms with E-state index in [0.29, 0.717) is 21.4 Å². The molecule has 0 bridgehead atoms. The third-order valence-electron chi connectivity index (χ3n) is 0.950. The van der Waals surface area contributed by atoms with Gasteiger partial charge in [0.1, 0.15) is 0 Å². The van der Waals surface area contributed by atoms with Crippen LogP contribution in [0.15, 0.2) is 0 Å². The maximum atomic E-state index is 10.1. The van der Waals surface area contributed by atoms with Gasteiger partial charge in [-0.15, -0.1) is 0 Å². The van der Waals surface area contributed by atoms with E-state index < -0.39 is 12.0 Å². The second kappa shape index (κ2) is 4.79. The van der Waals surface area contributed by atoms with Crippen LogP contribution in [0.4, 0.5) is 0 Å². The molecule has 0 aromatic carbocycles. The molecule has 0 aromatic heterocycles. The number of rotatable bonds is 4. The van der Waals surface area contributed by atoms with Gasteiger partial charge in [-0.1, -0.05) is 0 Å². The van der Waals surface area contributed by atoms with Gasteiger partial charge < -0.3 is 0 Å². The molecule has 0 amide bonds. The minimum atomic E-state index is -0.890. The second-order valence-corrected chi connectivity index (χ2v) is 3.79. The van der Waals surface area contributed by atoms with Crippen LogP contribution in [0.2, 0.25) is 11.1 Å². The van der Waals surface area contributed by atoms with Crippen LogP contribution in [0.3, 0.4) is 0 Å². The number of aliphatic carboxylic acids is 1. The Morgan fingerprint density at radius 3 is 2.78 bits per heavy atom. The van der Waals surface area contributed by atoms with Crippen molar-refractivity contribution in [1.29, 1.82) is 0 Å². The monoisotopic (exact) mass is 196 g/mol. The summed E-state index contributed by atoms with van der Waals surface area (Å²) in [5, 5.41) is 9.25. The molecule has 4 heteroatoms. The zero-order valence-corrected chi connectivity index (χ0v) is 7.05. The van der Waals surface area contributed by atoms with E-state index >= 15 is 0 Å². The third-order valence-corrected chi connectivity index (χ3v) is 2.30. The number of carbonyl (C=O) groups is 1. The first-order chi connectivity index (χ1) is 4.18. The average molecular weight is 195 g/mol. The van der Waals surface area contributed by atoms with E-state index in [4.69, 9.17) is 10.8 Å². The van der Waals surface area contributed by atoms with Gasteiger partial charge in [-0.3, -0.25) is 0 Å². The molecule has 0 heterocycles. The van der Waals surface area contributed by atoms with Crippen LogP contribution in [-0.4, -0.2) is 32.1 Å². The van der Waals surface area contributed by atoms with Gasteiger partial charge in [-0.05, 0) is 0 Å². The quantitative estimate of drug-likeness (QED) is 0.618. The topological polar surface area (TPSA) is 63.3 Å². The van der Waals surface area contributed by atoms with E-state index in [0.717, 1.165) is 5.32 Å². The van der Waals surface area contributed by atoms with Crippen LogP contribution in [0, 0.1) is 0 Å². The van der Waals surface area contributed by atoms with E-state index in [9.17, 15) is 4.79 Å². The third kappa shape index (κ3) is 4.45. The predicted molar refractivity (Wildman–Crippen MR) is 36.7 cm³/mol. The summed E-state index contributed by atoms with van der Waals surface area (Å²) in [4.78, 5) is 10.1. The molecule has 0 radical (unpaired) electrons. The average Bonchev–Trinajstić information content (AvgIpc) is 1.82. The molecule has 0 aromatic rings. The van der Waals surface area contributed by atoms with Crippen LogP contribution in [-0.2, 0) is 4.79 Å². The van der Waals surface area contributed by atoms with Crippen molar-refractivity contribution in [3.8, 4) is 0 Å². The summed E-state index contributed by atoms with van der Waals surface area (Å²) in [5.41, 5.74) is 5.21. The fourth-order valence-corrected chi connectivity index (χ4v) is 1.40. The molecular formula is C5H11NO2Se. The van der Waals surface area contributed by atoms with Gasteiger partial charge in [0.25, 0.3) is 0 Å². The van der Waals surface area contributed by atoms with E-state index in [1.165, 1.54) is 0 Å². The molecule has 0 aliphatic rings. The molecule has 0 fully saturated rings. The van der Waals surface area contributed by atoms with Gasteiger partial charge in [-0.2, -0.15) is 0 Å². The maximum absolute atomic E-state index is 10.1. The Morgan fingerprint density at radius 1 is 1.89 bits per heavy atom. The Balaban J connectivity index is 3.27. The zero-order valence-electron chi connectivity index (χ0n) is 5.33. The summed E-state index contributed by atoms with van der Waals surface area (Å²) in [5.74, 6) is 1.18. The fraction of sp³-hybridized carbons (Fsp3) is 0.800. The van der Waals surface area contributed by atoms with Crippen molar-refractivity contribution in [1.82, 2.24) is 0 Å². The first-order valence-electron chi connectivity index (χ1n) is 2.65. The molecule has 0 rings (SSSR count).